The van der Waals surface area contributed by atoms with E-state index < -0.39 is 15.9 Å². The van der Waals surface area contributed by atoms with Crippen LogP contribution in [0.3, 0.4) is 0 Å². The van der Waals surface area contributed by atoms with Gasteiger partial charge in [0.15, 0.2) is 21.9 Å². The number of hydrogen-bond acceptors (Lipinski definition) is 5. The van der Waals surface area contributed by atoms with Crippen LogP contribution in [0.25, 0.3) is 0 Å². The molecule has 1 aliphatic carbocycles. The zero-order chi connectivity index (χ0) is 17.1. The van der Waals surface area contributed by atoms with Gasteiger partial charge in [0.2, 0.25) is 0 Å². The molecule has 1 unspecified atom stereocenters. The van der Waals surface area contributed by atoms with E-state index in [1.807, 2.05) is 0 Å². The minimum atomic E-state index is -3.43. The Labute approximate surface area is 144 Å². The van der Waals surface area contributed by atoms with Crippen LogP contribution < -0.4 is 0 Å². The molecule has 6 nitrogen and oxygen atoms in total. The first-order chi connectivity index (χ1) is 11.4. The molecule has 0 radical (unpaired) electrons. The maximum Gasteiger partial charge on any atom is 0.276 e. The van der Waals surface area contributed by atoms with Gasteiger partial charge in [-0.3, -0.25) is 4.79 Å². The van der Waals surface area contributed by atoms with Crippen LogP contribution in [0.4, 0.5) is 0 Å². The standard InChI is InChI=1S/C16H15ClN2O4S/c1-19(16(20)14-15(9-2-3-9)23-8-18-14)12-7-24(21,22)13-5-4-10(17)6-11(12)13/h4-6,8-9,12H,2-3,7H2,1H3. The van der Waals surface area contributed by atoms with Gasteiger partial charge >= 0.3 is 0 Å². The number of fused-ring (bicyclic) bond motifs is 1. The van der Waals surface area contributed by atoms with E-state index in [9.17, 15) is 13.2 Å². The number of carbonyl (C=O) groups excluding carboxylic acids is 1. The van der Waals surface area contributed by atoms with Gasteiger partial charge in [-0.2, -0.15) is 0 Å². The van der Waals surface area contributed by atoms with Crippen LogP contribution in [0.15, 0.2) is 33.9 Å². The Bertz CT molecular complexity index is 933. The molecule has 0 bridgehead atoms. The monoisotopic (exact) mass is 366 g/mol. The molecule has 1 saturated carbocycles. The predicted molar refractivity (Wildman–Crippen MR) is 86.8 cm³/mol. The van der Waals surface area contributed by atoms with Gasteiger partial charge in [0, 0.05) is 18.0 Å². The SMILES string of the molecule is CN(C(=O)c1ncoc1C1CC1)C1CS(=O)(=O)c2ccc(Cl)cc21. The molecular formula is C16H15ClN2O4S. The summed E-state index contributed by atoms with van der Waals surface area (Å²) in [5, 5.41) is 0.441. The Morgan fingerprint density at radius 2 is 2.12 bits per heavy atom. The molecule has 1 aliphatic heterocycles. The summed E-state index contributed by atoms with van der Waals surface area (Å²) < 4.78 is 30.1. The highest BCUT2D eigenvalue weighted by molar-refractivity contribution is 7.91. The first-order valence-electron chi connectivity index (χ1n) is 7.61. The number of amides is 1. The van der Waals surface area contributed by atoms with Crippen LogP contribution in [0, 0.1) is 0 Å². The normalized spacial score (nSPS) is 21.5. The van der Waals surface area contributed by atoms with Crippen molar-refractivity contribution in [2.45, 2.75) is 29.7 Å². The second kappa shape index (κ2) is 5.32. The molecule has 2 aromatic rings. The first-order valence-corrected chi connectivity index (χ1v) is 9.64. The van der Waals surface area contributed by atoms with Gasteiger partial charge in [0.1, 0.15) is 5.76 Å². The quantitative estimate of drug-likeness (QED) is 0.834. The Morgan fingerprint density at radius 3 is 2.83 bits per heavy atom. The van der Waals surface area contributed by atoms with Crippen molar-refractivity contribution in [2.24, 2.45) is 0 Å². The summed E-state index contributed by atoms with van der Waals surface area (Å²) >= 11 is 6.02. The Hall–Kier alpha value is -1.86. The number of benzene rings is 1. The van der Waals surface area contributed by atoms with Gasteiger partial charge in [-0.25, -0.2) is 13.4 Å². The van der Waals surface area contributed by atoms with Crippen LogP contribution in [-0.2, 0) is 9.84 Å². The molecule has 1 amide bonds. The molecule has 4 rings (SSSR count). The summed E-state index contributed by atoms with van der Waals surface area (Å²) in [6.07, 6.45) is 3.23. The van der Waals surface area contributed by atoms with E-state index in [-0.39, 0.29) is 28.2 Å². The average molecular weight is 367 g/mol. The molecule has 0 saturated heterocycles. The second-order valence-corrected chi connectivity index (χ2v) is 8.67. The molecular weight excluding hydrogens is 352 g/mol. The van der Waals surface area contributed by atoms with Crippen LogP contribution in [0.1, 0.15) is 46.6 Å². The Morgan fingerprint density at radius 1 is 1.38 bits per heavy atom. The Kier molecular flexibility index (Phi) is 3.47. The molecule has 0 spiro atoms. The van der Waals surface area contributed by atoms with Gasteiger partial charge in [0.25, 0.3) is 5.91 Å². The molecule has 2 aliphatic rings. The molecule has 1 aromatic heterocycles. The minimum Gasteiger partial charge on any atom is -0.447 e. The zero-order valence-corrected chi connectivity index (χ0v) is 14.5. The fourth-order valence-corrected chi connectivity index (χ4v) is 5.14. The van der Waals surface area contributed by atoms with E-state index in [4.69, 9.17) is 16.0 Å². The summed E-state index contributed by atoms with van der Waals surface area (Å²) in [7, 11) is -1.84. The molecule has 24 heavy (non-hydrogen) atoms. The lowest BCUT2D eigenvalue weighted by Crippen LogP contribution is -2.33. The summed E-state index contributed by atoms with van der Waals surface area (Å²) in [5.41, 5.74) is 0.822. The first kappa shape index (κ1) is 15.7. The van der Waals surface area contributed by atoms with Crippen molar-refractivity contribution in [2.75, 3.05) is 12.8 Å². The van der Waals surface area contributed by atoms with Gasteiger partial charge < -0.3 is 9.32 Å². The number of carbonyl (C=O) groups is 1. The minimum absolute atomic E-state index is 0.151. The van der Waals surface area contributed by atoms with Crippen molar-refractivity contribution in [1.82, 2.24) is 9.88 Å². The average Bonchev–Trinajstić information content (AvgIpc) is 3.20. The van der Waals surface area contributed by atoms with E-state index in [0.29, 0.717) is 16.3 Å². The highest BCUT2D eigenvalue weighted by atomic mass is 35.5. The molecule has 1 aromatic carbocycles. The highest BCUT2D eigenvalue weighted by Crippen LogP contribution is 2.43. The number of oxazole rings is 1. The molecule has 8 heteroatoms. The summed E-state index contributed by atoms with van der Waals surface area (Å²) in [6.45, 7) is 0. The topological polar surface area (TPSA) is 80.5 Å². The van der Waals surface area contributed by atoms with Crippen molar-refractivity contribution in [3.8, 4) is 0 Å². The van der Waals surface area contributed by atoms with E-state index in [1.54, 1.807) is 19.2 Å². The number of rotatable bonds is 3. The van der Waals surface area contributed by atoms with E-state index in [0.717, 1.165) is 12.8 Å². The van der Waals surface area contributed by atoms with Gasteiger partial charge in [-0.1, -0.05) is 11.6 Å². The van der Waals surface area contributed by atoms with E-state index in [1.165, 1.54) is 17.4 Å². The van der Waals surface area contributed by atoms with Crippen LogP contribution >= 0.6 is 11.6 Å². The van der Waals surface area contributed by atoms with Crippen molar-refractivity contribution in [3.05, 3.63) is 46.6 Å². The van der Waals surface area contributed by atoms with Crippen LogP contribution in [-0.4, -0.2) is 37.0 Å². The molecule has 1 atom stereocenters. The van der Waals surface area contributed by atoms with Gasteiger partial charge in [-0.05, 0) is 36.6 Å². The van der Waals surface area contributed by atoms with Crippen molar-refractivity contribution >= 4 is 27.3 Å². The smallest absolute Gasteiger partial charge is 0.276 e. The maximum atomic E-state index is 12.8. The third-order valence-corrected chi connectivity index (χ3v) is 6.61. The zero-order valence-electron chi connectivity index (χ0n) is 12.9. The van der Waals surface area contributed by atoms with Crippen molar-refractivity contribution in [3.63, 3.8) is 0 Å². The molecule has 0 N–H and O–H groups in total. The highest BCUT2D eigenvalue weighted by Gasteiger charge is 2.41. The number of sulfone groups is 1. The predicted octanol–water partition coefficient (Wildman–Crippen LogP) is 2.81. The Balaban J connectivity index is 1.70. The van der Waals surface area contributed by atoms with Crippen LogP contribution in [0.5, 0.6) is 0 Å². The second-order valence-electron chi connectivity index (χ2n) is 6.23. The van der Waals surface area contributed by atoms with E-state index in [2.05, 4.69) is 4.98 Å². The van der Waals surface area contributed by atoms with Gasteiger partial charge in [-0.15, -0.1) is 0 Å². The molecule has 1 fully saturated rings. The van der Waals surface area contributed by atoms with Crippen molar-refractivity contribution < 1.29 is 17.6 Å². The lowest BCUT2D eigenvalue weighted by molar-refractivity contribution is 0.0738. The number of aromatic nitrogens is 1. The third kappa shape index (κ3) is 2.43. The number of halogens is 1. The summed E-state index contributed by atoms with van der Waals surface area (Å²) in [6, 6.07) is 4.07. The van der Waals surface area contributed by atoms with Crippen molar-refractivity contribution in [1.29, 1.82) is 0 Å². The maximum absolute atomic E-state index is 12.8. The van der Waals surface area contributed by atoms with Crippen LogP contribution in [0.2, 0.25) is 5.02 Å². The summed E-state index contributed by atoms with van der Waals surface area (Å²) in [4.78, 5) is 18.5. The summed E-state index contributed by atoms with van der Waals surface area (Å²) in [5.74, 6) is 0.355. The third-order valence-electron chi connectivity index (χ3n) is 4.58. The number of hydrogen-bond donors (Lipinski definition) is 0. The largest absolute Gasteiger partial charge is 0.447 e. The lowest BCUT2D eigenvalue weighted by Gasteiger charge is -2.24. The molecule has 2 heterocycles. The van der Waals surface area contributed by atoms with E-state index >= 15 is 0 Å². The molecule has 126 valence electrons. The lowest BCUT2D eigenvalue weighted by atomic mass is 10.1. The fraction of sp³-hybridized carbons (Fsp3) is 0.375. The number of nitrogens with zero attached hydrogens (tertiary/aromatic N) is 2. The van der Waals surface area contributed by atoms with Gasteiger partial charge in [0.05, 0.1) is 16.7 Å². The fourth-order valence-electron chi connectivity index (χ4n) is 3.13.